The van der Waals surface area contributed by atoms with Crippen molar-refractivity contribution in [3.8, 4) is 5.75 Å². The molecule has 0 bridgehead atoms. The fraction of sp³-hybridized carbons (Fsp3) is 0.600. The van der Waals surface area contributed by atoms with E-state index < -0.39 is 0 Å². The summed E-state index contributed by atoms with van der Waals surface area (Å²) in [6.45, 7) is 8.76. The molecule has 0 saturated carbocycles. The van der Waals surface area contributed by atoms with Crippen LogP contribution in [0.4, 0.5) is 4.39 Å². The first-order chi connectivity index (χ1) is 8.85. The summed E-state index contributed by atoms with van der Waals surface area (Å²) in [6.07, 6.45) is 0. The lowest BCUT2D eigenvalue weighted by Crippen LogP contribution is -2.23. The Morgan fingerprint density at radius 2 is 1.95 bits per heavy atom. The summed E-state index contributed by atoms with van der Waals surface area (Å²) in [7, 11) is 1.80. The number of ether oxygens (including phenoxy) is 2. The minimum atomic E-state index is -0.254. The molecule has 0 saturated heterocycles. The second-order valence-electron chi connectivity index (χ2n) is 5.47. The van der Waals surface area contributed by atoms with E-state index in [0.717, 1.165) is 0 Å². The summed E-state index contributed by atoms with van der Waals surface area (Å²) in [5, 5.41) is 3.03. The quantitative estimate of drug-likeness (QED) is 0.804. The summed E-state index contributed by atoms with van der Waals surface area (Å²) in [4.78, 5) is 0. The molecule has 0 amide bonds. The normalized spacial score (nSPS) is 13.4. The van der Waals surface area contributed by atoms with Gasteiger partial charge in [-0.2, -0.15) is 0 Å². The Morgan fingerprint density at radius 1 is 1.26 bits per heavy atom. The number of hydrogen-bond donors (Lipinski definition) is 1. The van der Waals surface area contributed by atoms with Crippen LogP contribution >= 0.6 is 0 Å². The first-order valence-corrected chi connectivity index (χ1v) is 6.57. The maximum absolute atomic E-state index is 13.8. The predicted octanol–water partition coefficient (Wildman–Crippen LogP) is 3.30. The third-order valence-electron chi connectivity index (χ3n) is 2.75. The maximum atomic E-state index is 13.8. The Balaban J connectivity index is 2.65. The topological polar surface area (TPSA) is 30.5 Å². The average Bonchev–Trinajstić information content (AvgIpc) is 2.33. The van der Waals surface area contributed by atoms with Gasteiger partial charge in [0.25, 0.3) is 0 Å². The molecule has 0 heterocycles. The fourth-order valence-corrected chi connectivity index (χ4v) is 1.71. The molecule has 1 rings (SSSR count). The third kappa shape index (κ3) is 5.17. The highest BCUT2D eigenvalue weighted by Gasteiger charge is 2.15. The molecule has 0 spiro atoms. The SMILES string of the molecule is CNC(C)c1c(F)cccc1OCCOC(C)(C)C. The molecular formula is C15H24FNO2. The van der Waals surface area contributed by atoms with Gasteiger partial charge in [0.05, 0.1) is 12.2 Å². The molecule has 1 aromatic rings. The van der Waals surface area contributed by atoms with Crippen molar-refractivity contribution in [3.63, 3.8) is 0 Å². The van der Waals surface area contributed by atoms with Crippen LogP contribution in [0.15, 0.2) is 18.2 Å². The summed E-state index contributed by atoms with van der Waals surface area (Å²) in [5.74, 6) is 0.315. The zero-order valence-corrected chi connectivity index (χ0v) is 12.4. The number of nitrogens with one attached hydrogen (secondary N) is 1. The molecule has 0 aliphatic heterocycles. The first-order valence-electron chi connectivity index (χ1n) is 6.57. The Kier molecular flexibility index (Phi) is 5.76. The summed E-state index contributed by atoms with van der Waals surface area (Å²) >= 11 is 0. The highest BCUT2D eigenvalue weighted by atomic mass is 19.1. The average molecular weight is 269 g/mol. The first kappa shape index (κ1) is 15.9. The lowest BCUT2D eigenvalue weighted by atomic mass is 10.1. The van der Waals surface area contributed by atoms with Crippen molar-refractivity contribution < 1.29 is 13.9 Å². The van der Waals surface area contributed by atoms with Crippen LogP contribution in [-0.4, -0.2) is 25.9 Å². The number of benzene rings is 1. The van der Waals surface area contributed by atoms with Gasteiger partial charge in [0, 0.05) is 11.6 Å². The van der Waals surface area contributed by atoms with E-state index in [9.17, 15) is 4.39 Å². The standard InChI is InChI=1S/C15H24FNO2/c1-11(17-5)14-12(16)7-6-8-13(14)18-9-10-19-15(2,3)4/h6-8,11,17H,9-10H2,1-5H3. The zero-order valence-electron chi connectivity index (χ0n) is 12.4. The molecule has 1 N–H and O–H groups in total. The van der Waals surface area contributed by atoms with Crippen LogP contribution in [0, 0.1) is 5.82 Å². The zero-order chi connectivity index (χ0) is 14.5. The van der Waals surface area contributed by atoms with Gasteiger partial charge >= 0.3 is 0 Å². The van der Waals surface area contributed by atoms with Gasteiger partial charge in [-0.1, -0.05) is 6.07 Å². The Labute approximate surface area is 115 Å². The lowest BCUT2D eigenvalue weighted by Gasteiger charge is -2.21. The fourth-order valence-electron chi connectivity index (χ4n) is 1.71. The van der Waals surface area contributed by atoms with Gasteiger partial charge in [0.15, 0.2) is 0 Å². The van der Waals surface area contributed by atoms with Crippen LogP contribution in [0.5, 0.6) is 5.75 Å². The van der Waals surface area contributed by atoms with Crippen LogP contribution in [0.1, 0.15) is 39.3 Å². The van der Waals surface area contributed by atoms with Crippen molar-refractivity contribution in [1.82, 2.24) is 5.32 Å². The molecular weight excluding hydrogens is 245 g/mol. The van der Waals surface area contributed by atoms with E-state index in [0.29, 0.717) is 24.5 Å². The van der Waals surface area contributed by atoms with Crippen molar-refractivity contribution in [2.75, 3.05) is 20.3 Å². The van der Waals surface area contributed by atoms with Crippen LogP contribution in [0.3, 0.4) is 0 Å². The van der Waals surface area contributed by atoms with Gasteiger partial charge < -0.3 is 14.8 Å². The lowest BCUT2D eigenvalue weighted by molar-refractivity contribution is -0.0164. The summed E-state index contributed by atoms with van der Waals surface area (Å²) in [5.41, 5.74) is 0.368. The van der Waals surface area contributed by atoms with E-state index in [2.05, 4.69) is 5.32 Å². The number of hydrogen-bond acceptors (Lipinski definition) is 3. The van der Waals surface area contributed by atoms with Crippen molar-refractivity contribution in [2.24, 2.45) is 0 Å². The number of halogens is 1. The highest BCUT2D eigenvalue weighted by molar-refractivity contribution is 5.36. The number of rotatable bonds is 6. The Hall–Kier alpha value is -1.13. The van der Waals surface area contributed by atoms with Crippen LogP contribution in [-0.2, 0) is 4.74 Å². The molecule has 0 aromatic heterocycles. The highest BCUT2D eigenvalue weighted by Crippen LogP contribution is 2.27. The minimum Gasteiger partial charge on any atom is -0.491 e. The van der Waals surface area contributed by atoms with E-state index in [4.69, 9.17) is 9.47 Å². The van der Waals surface area contributed by atoms with E-state index in [1.807, 2.05) is 27.7 Å². The second kappa shape index (κ2) is 6.87. The maximum Gasteiger partial charge on any atom is 0.131 e. The summed E-state index contributed by atoms with van der Waals surface area (Å²) in [6, 6.07) is 4.78. The van der Waals surface area contributed by atoms with Crippen molar-refractivity contribution in [3.05, 3.63) is 29.6 Å². The molecule has 0 aliphatic carbocycles. The molecule has 1 aromatic carbocycles. The Morgan fingerprint density at radius 3 is 2.53 bits per heavy atom. The molecule has 1 atom stereocenters. The van der Waals surface area contributed by atoms with Gasteiger partial charge in [0.1, 0.15) is 18.2 Å². The largest absolute Gasteiger partial charge is 0.491 e. The van der Waals surface area contributed by atoms with Gasteiger partial charge in [0.2, 0.25) is 0 Å². The van der Waals surface area contributed by atoms with Gasteiger partial charge in [-0.25, -0.2) is 4.39 Å². The van der Waals surface area contributed by atoms with E-state index >= 15 is 0 Å². The molecule has 1 unspecified atom stereocenters. The molecule has 0 aliphatic rings. The Bertz CT molecular complexity index is 402. The van der Waals surface area contributed by atoms with E-state index in [1.54, 1.807) is 19.2 Å². The van der Waals surface area contributed by atoms with E-state index in [-0.39, 0.29) is 17.5 Å². The third-order valence-corrected chi connectivity index (χ3v) is 2.75. The molecule has 4 heteroatoms. The molecule has 0 fully saturated rings. The molecule has 108 valence electrons. The monoisotopic (exact) mass is 269 g/mol. The van der Waals surface area contributed by atoms with Crippen LogP contribution in [0.25, 0.3) is 0 Å². The molecule has 19 heavy (non-hydrogen) atoms. The van der Waals surface area contributed by atoms with E-state index in [1.165, 1.54) is 6.07 Å². The predicted molar refractivity (Wildman–Crippen MR) is 75.1 cm³/mol. The van der Waals surface area contributed by atoms with Gasteiger partial charge in [-0.05, 0) is 46.9 Å². The van der Waals surface area contributed by atoms with Crippen molar-refractivity contribution in [2.45, 2.75) is 39.3 Å². The van der Waals surface area contributed by atoms with Crippen molar-refractivity contribution in [1.29, 1.82) is 0 Å². The molecule has 0 radical (unpaired) electrons. The smallest absolute Gasteiger partial charge is 0.131 e. The second-order valence-corrected chi connectivity index (χ2v) is 5.47. The minimum absolute atomic E-state index is 0.0975. The van der Waals surface area contributed by atoms with Crippen LogP contribution < -0.4 is 10.1 Å². The summed E-state index contributed by atoms with van der Waals surface area (Å²) < 4.78 is 25.0. The van der Waals surface area contributed by atoms with Gasteiger partial charge in [-0.15, -0.1) is 0 Å². The van der Waals surface area contributed by atoms with Crippen molar-refractivity contribution >= 4 is 0 Å². The van der Waals surface area contributed by atoms with Crippen LogP contribution in [0.2, 0.25) is 0 Å². The van der Waals surface area contributed by atoms with Gasteiger partial charge in [-0.3, -0.25) is 0 Å². The molecule has 3 nitrogen and oxygen atoms in total.